The molecule has 0 unspecified atom stereocenters. The van der Waals surface area contributed by atoms with Crippen molar-refractivity contribution in [3.63, 3.8) is 0 Å². The highest BCUT2D eigenvalue weighted by molar-refractivity contribution is 7.09. The number of hydrogen-bond acceptors (Lipinski definition) is 5. The lowest BCUT2D eigenvalue weighted by molar-refractivity contribution is -0.120. The standard InChI is InChI=1S/C21H27N3O2S/c1-15-22-18(13-27-15)16-5-6-19-17(11-16)7-10-24(19)20(25)12-23(2)14-21(26)8-3-4-9-21/h5-6,11,13,26H,3-4,7-10,12,14H2,1-2H3. The van der Waals surface area contributed by atoms with Gasteiger partial charge in [-0.1, -0.05) is 18.9 Å². The minimum atomic E-state index is -0.613. The van der Waals surface area contributed by atoms with E-state index in [0.717, 1.165) is 60.6 Å². The molecular formula is C21H27N3O2S. The molecule has 1 aliphatic heterocycles. The molecule has 0 radical (unpaired) electrons. The number of fused-ring (bicyclic) bond motifs is 1. The molecule has 144 valence electrons. The number of carbonyl (C=O) groups excluding carboxylic acids is 1. The molecule has 0 saturated heterocycles. The minimum Gasteiger partial charge on any atom is -0.389 e. The Kier molecular flexibility index (Phi) is 5.05. The zero-order valence-corrected chi connectivity index (χ0v) is 16.9. The van der Waals surface area contributed by atoms with Gasteiger partial charge in [0.25, 0.3) is 0 Å². The van der Waals surface area contributed by atoms with Crippen molar-refractivity contribution in [3.05, 3.63) is 34.2 Å². The summed E-state index contributed by atoms with van der Waals surface area (Å²) in [7, 11) is 1.93. The number of hydrogen-bond donors (Lipinski definition) is 1. The van der Waals surface area contributed by atoms with E-state index in [2.05, 4.69) is 28.6 Å². The van der Waals surface area contributed by atoms with Crippen molar-refractivity contribution in [1.29, 1.82) is 0 Å². The van der Waals surface area contributed by atoms with Crippen molar-refractivity contribution >= 4 is 22.9 Å². The lowest BCUT2D eigenvalue weighted by Gasteiger charge is -2.29. The van der Waals surface area contributed by atoms with E-state index in [4.69, 9.17) is 0 Å². The molecular weight excluding hydrogens is 358 g/mol. The van der Waals surface area contributed by atoms with E-state index in [1.165, 1.54) is 5.56 Å². The van der Waals surface area contributed by atoms with Gasteiger partial charge in [0.05, 0.1) is 22.8 Å². The van der Waals surface area contributed by atoms with Gasteiger partial charge in [-0.25, -0.2) is 4.98 Å². The molecule has 2 aromatic rings. The number of amides is 1. The van der Waals surface area contributed by atoms with Crippen LogP contribution in [0, 0.1) is 6.92 Å². The van der Waals surface area contributed by atoms with Gasteiger partial charge in [0.15, 0.2) is 0 Å². The number of nitrogens with zero attached hydrogens (tertiary/aromatic N) is 3. The summed E-state index contributed by atoms with van der Waals surface area (Å²) >= 11 is 1.66. The van der Waals surface area contributed by atoms with Gasteiger partial charge in [-0.05, 0) is 50.9 Å². The second-order valence-corrected chi connectivity index (χ2v) is 9.06. The molecule has 2 aliphatic rings. The first kappa shape index (κ1) is 18.6. The maximum Gasteiger partial charge on any atom is 0.241 e. The molecule has 27 heavy (non-hydrogen) atoms. The Morgan fingerprint density at radius 3 is 2.85 bits per heavy atom. The molecule has 4 rings (SSSR count). The normalized spacial score (nSPS) is 18.3. The lowest BCUT2D eigenvalue weighted by Crippen LogP contribution is -2.44. The van der Waals surface area contributed by atoms with Crippen LogP contribution < -0.4 is 4.90 Å². The number of aliphatic hydroxyl groups is 1. The Hall–Kier alpha value is -1.76. The molecule has 6 heteroatoms. The van der Waals surface area contributed by atoms with Crippen molar-refractivity contribution in [1.82, 2.24) is 9.88 Å². The van der Waals surface area contributed by atoms with Gasteiger partial charge in [-0.15, -0.1) is 11.3 Å². The lowest BCUT2D eigenvalue weighted by atomic mass is 10.0. The van der Waals surface area contributed by atoms with Crippen LogP contribution in [0.25, 0.3) is 11.3 Å². The summed E-state index contributed by atoms with van der Waals surface area (Å²) in [5.41, 5.74) is 3.74. The Labute approximate surface area is 164 Å². The van der Waals surface area contributed by atoms with E-state index >= 15 is 0 Å². The molecule has 0 bridgehead atoms. The van der Waals surface area contributed by atoms with E-state index < -0.39 is 5.60 Å². The molecule has 1 N–H and O–H groups in total. The number of likely N-dealkylation sites (N-methyl/N-ethyl adjacent to an activating group) is 1. The van der Waals surface area contributed by atoms with Gasteiger partial charge in [-0.3, -0.25) is 9.69 Å². The number of anilines is 1. The van der Waals surface area contributed by atoms with Crippen LogP contribution >= 0.6 is 11.3 Å². The number of carbonyl (C=O) groups is 1. The molecule has 1 fully saturated rings. The van der Waals surface area contributed by atoms with Crippen molar-refractivity contribution in [3.8, 4) is 11.3 Å². The highest BCUT2D eigenvalue weighted by Gasteiger charge is 2.33. The first-order valence-corrected chi connectivity index (χ1v) is 10.6. The maximum atomic E-state index is 12.8. The van der Waals surface area contributed by atoms with Crippen molar-refractivity contribution in [2.45, 2.75) is 44.6 Å². The van der Waals surface area contributed by atoms with Gasteiger partial charge in [-0.2, -0.15) is 0 Å². The fourth-order valence-corrected chi connectivity index (χ4v) is 5.00. The largest absolute Gasteiger partial charge is 0.389 e. The van der Waals surface area contributed by atoms with Gasteiger partial charge >= 0.3 is 0 Å². The highest BCUT2D eigenvalue weighted by atomic mass is 32.1. The zero-order chi connectivity index (χ0) is 19.0. The van der Waals surface area contributed by atoms with E-state index in [1.54, 1.807) is 11.3 Å². The number of rotatable bonds is 5. The van der Waals surface area contributed by atoms with E-state index in [-0.39, 0.29) is 5.91 Å². The minimum absolute atomic E-state index is 0.107. The smallest absolute Gasteiger partial charge is 0.241 e. The molecule has 1 aromatic heterocycles. The van der Waals surface area contributed by atoms with Gasteiger partial charge in [0.2, 0.25) is 5.91 Å². The number of thiazole rings is 1. The molecule has 0 atom stereocenters. The zero-order valence-electron chi connectivity index (χ0n) is 16.1. The number of benzene rings is 1. The second-order valence-electron chi connectivity index (χ2n) is 7.99. The number of aryl methyl sites for hydroxylation is 1. The van der Waals surface area contributed by atoms with Gasteiger partial charge < -0.3 is 10.0 Å². The predicted molar refractivity (Wildman–Crippen MR) is 109 cm³/mol. The summed E-state index contributed by atoms with van der Waals surface area (Å²) in [5, 5.41) is 13.7. The molecule has 1 saturated carbocycles. The van der Waals surface area contributed by atoms with Gasteiger partial charge in [0.1, 0.15) is 0 Å². The van der Waals surface area contributed by atoms with E-state index in [9.17, 15) is 9.90 Å². The SMILES string of the molecule is Cc1nc(-c2ccc3c(c2)CCN3C(=O)CN(C)CC2(O)CCCC2)cs1. The second kappa shape index (κ2) is 7.34. The average molecular weight is 386 g/mol. The summed E-state index contributed by atoms with van der Waals surface area (Å²) in [6, 6.07) is 6.28. The van der Waals surface area contributed by atoms with Crippen LogP contribution in [-0.4, -0.2) is 53.2 Å². The Morgan fingerprint density at radius 2 is 2.15 bits per heavy atom. The van der Waals surface area contributed by atoms with Gasteiger partial charge in [0, 0.05) is 29.7 Å². The van der Waals surface area contributed by atoms with Crippen molar-refractivity contribution in [2.24, 2.45) is 0 Å². The van der Waals surface area contributed by atoms with Crippen LogP contribution in [0.2, 0.25) is 0 Å². The van der Waals surface area contributed by atoms with Crippen molar-refractivity contribution < 1.29 is 9.90 Å². The third-order valence-corrected chi connectivity index (χ3v) is 6.47. The van der Waals surface area contributed by atoms with Crippen LogP contribution in [-0.2, 0) is 11.2 Å². The van der Waals surface area contributed by atoms with Crippen LogP contribution in [0.3, 0.4) is 0 Å². The molecule has 2 heterocycles. The van der Waals surface area contributed by atoms with Crippen LogP contribution in [0.1, 0.15) is 36.3 Å². The highest BCUT2D eigenvalue weighted by Crippen LogP contribution is 2.33. The summed E-state index contributed by atoms with van der Waals surface area (Å²) < 4.78 is 0. The fourth-order valence-electron chi connectivity index (χ4n) is 4.38. The van der Waals surface area contributed by atoms with Crippen LogP contribution in [0.5, 0.6) is 0 Å². The Bertz CT molecular complexity index is 842. The third kappa shape index (κ3) is 3.93. The third-order valence-electron chi connectivity index (χ3n) is 5.69. The summed E-state index contributed by atoms with van der Waals surface area (Å²) in [6.45, 7) is 3.66. The predicted octanol–water partition coefficient (Wildman–Crippen LogP) is 3.24. The molecule has 0 spiro atoms. The molecule has 1 amide bonds. The van der Waals surface area contributed by atoms with E-state index in [0.29, 0.717) is 13.1 Å². The summed E-state index contributed by atoms with van der Waals surface area (Å²) in [5.74, 6) is 0.107. The molecule has 1 aromatic carbocycles. The quantitative estimate of drug-likeness (QED) is 0.858. The fraction of sp³-hybridized carbons (Fsp3) is 0.524. The van der Waals surface area contributed by atoms with Crippen LogP contribution in [0.15, 0.2) is 23.6 Å². The molecule has 1 aliphatic carbocycles. The average Bonchev–Trinajstić information content (AvgIpc) is 3.33. The maximum absolute atomic E-state index is 12.8. The summed E-state index contributed by atoms with van der Waals surface area (Å²) in [4.78, 5) is 21.3. The first-order chi connectivity index (χ1) is 12.9. The van der Waals surface area contributed by atoms with Crippen LogP contribution in [0.4, 0.5) is 5.69 Å². The topological polar surface area (TPSA) is 56.7 Å². The monoisotopic (exact) mass is 385 g/mol. The summed E-state index contributed by atoms with van der Waals surface area (Å²) in [6.07, 6.45) is 4.73. The first-order valence-electron chi connectivity index (χ1n) is 9.70. The number of aromatic nitrogens is 1. The van der Waals surface area contributed by atoms with Crippen molar-refractivity contribution in [2.75, 3.05) is 31.6 Å². The molecule has 5 nitrogen and oxygen atoms in total. The Morgan fingerprint density at radius 1 is 1.37 bits per heavy atom. The Balaban J connectivity index is 1.43. The van der Waals surface area contributed by atoms with E-state index in [1.807, 2.05) is 23.8 Å².